The number of amidine groups is 1. The lowest BCUT2D eigenvalue weighted by molar-refractivity contribution is -0.138. The maximum Gasteiger partial charge on any atom is 0.305 e. The number of carboxylic acid groups (broad SMARTS) is 1. The summed E-state index contributed by atoms with van der Waals surface area (Å²) in [5.41, 5.74) is 1.78. The van der Waals surface area contributed by atoms with Crippen LogP contribution in [0.1, 0.15) is 17.5 Å². The number of hydrogen-bond donors (Lipinski definition) is 2. The normalized spacial score (nSPS) is 17.5. The predicted octanol–water partition coefficient (Wildman–Crippen LogP) is 2.67. The van der Waals surface area contributed by atoms with E-state index in [0.29, 0.717) is 18.1 Å². The number of benzene rings is 2. The van der Waals surface area contributed by atoms with Gasteiger partial charge in [0.2, 0.25) is 5.91 Å². The van der Waals surface area contributed by atoms with Gasteiger partial charge >= 0.3 is 5.97 Å². The fraction of sp³-hybridized carbons (Fsp3) is 0.200. The molecule has 0 unspecified atom stereocenters. The molecule has 1 aliphatic rings. The first kappa shape index (κ1) is 20.4. The van der Waals surface area contributed by atoms with Crippen molar-refractivity contribution in [2.45, 2.75) is 18.3 Å². The molecular weight excluding hydrogens is 394 g/mol. The van der Waals surface area contributed by atoms with E-state index in [2.05, 4.69) is 15.5 Å². The maximum atomic E-state index is 11.7. The Morgan fingerprint density at radius 1 is 1.24 bits per heavy atom. The number of carbonyl (C=O) groups is 2. The molecule has 1 saturated heterocycles. The zero-order valence-electron chi connectivity index (χ0n) is 15.6. The van der Waals surface area contributed by atoms with E-state index >= 15 is 0 Å². The number of hydrogen-bond acceptors (Lipinski definition) is 7. The molecule has 0 aromatic heterocycles. The largest absolute Gasteiger partial charge is 0.493 e. The van der Waals surface area contributed by atoms with Crippen LogP contribution in [0.15, 0.2) is 58.7 Å². The molecule has 1 heterocycles. The molecule has 29 heavy (non-hydrogen) atoms. The monoisotopic (exact) mass is 413 g/mol. The first-order valence-electron chi connectivity index (χ1n) is 8.70. The number of ether oxygens (including phenoxy) is 2. The van der Waals surface area contributed by atoms with Crippen LogP contribution in [0.5, 0.6) is 11.5 Å². The molecule has 150 valence electrons. The third kappa shape index (κ3) is 5.82. The summed E-state index contributed by atoms with van der Waals surface area (Å²) < 4.78 is 11.2. The fourth-order valence-corrected chi connectivity index (χ4v) is 3.43. The number of carbonyl (C=O) groups excluding carboxylic acids is 1. The second-order valence-corrected chi connectivity index (χ2v) is 7.22. The number of thioether (sulfide) groups is 1. The number of nitrogens with one attached hydrogen (secondary N) is 1. The average molecular weight is 413 g/mol. The molecule has 2 N–H and O–H groups in total. The number of aliphatic carboxylic acids is 1. The molecule has 0 saturated carbocycles. The molecular formula is C20H19N3O5S. The van der Waals surface area contributed by atoms with Gasteiger partial charge in [-0.2, -0.15) is 5.10 Å². The Labute approximate surface area is 171 Å². The van der Waals surface area contributed by atoms with Crippen molar-refractivity contribution < 1.29 is 24.2 Å². The van der Waals surface area contributed by atoms with Gasteiger partial charge in [0.1, 0.15) is 11.9 Å². The first-order chi connectivity index (χ1) is 14.0. The molecule has 1 amide bonds. The van der Waals surface area contributed by atoms with Crippen molar-refractivity contribution in [3.8, 4) is 11.5 Å². The Hall–Kier alpha value is -3.33. The molecule has 2 aromatic carbocycles. The van der Waals surface area contributed by atoms with Crippen molar-refractivity contribution in [1.82, 2.24) is 5.32 Å². The van der Waals surface area contributed by atoms with Gasteiger partial charge in [0, 0.05) is 0 Å². The predicted molar refractivity (Wildman–Crippen MR) is 111 cm³/mol. The summed E-state index contributed by atoms with van der Waals surface area (Å²) in [6, 6.07) is 15.2. The summed E-state index contributed by atoms with van der Waals surface area (Å²) in [5, 5.41) is 18.8. The van der Waals surface area contributed by atoms with Gasteiger partial charge < -0.3 is 19.9 Å². The fourth-order valence-electron chi connectivity index (χ4n) is 2.51. The summed E-state index contributed by atoms with van der Waals surface area (Å²) in [4.78, 5) is 22.4. The zero-order chi connectivity index (χ0) is 20.6. The lowest BCUT2D eigenvalue weighted by Crippen LogP contribution is -2.26. The van der Waals surface area contributed by atoms with E-state index in [1.165, 1.54) is 6.21 Å². The van der Waals surface area contributed by atoms with Gasteiger partial charge in [0.25, 0.3) is 0 Å². The van der Waals surface area contributed by atoms with E-state index in [1.807, 2.05) is 30.3 Å². The summed E-state index contributed by atoms with van der Waals surface area (Å²) in [6.45, 7) is 0.423. The minimum atomic E-state index is -1.04. The number of methoxy groups -OCH3 is 1. The lowest BCUT2D eigenvalue weighted by atomic mass is 10.2. The van der Waals surface area contributed by atoms with E-state index in [0.717, 1.165) is 22.9 Å². The van der Waals surface area contributed by atoms with Crippen molar-refractivity contribution in [3.63, 3.8) is 0 Å². The van der Waals surface area contributed by atoms with E-state index < -0.39 is 11.2 Å². The van der Waals surface area contributed by atoms with Crippen LogP contribution >= 0.6 is 11.8 Å². The molecule has 1 aliphatic heterocycles. The Balaban J connectivity index is 1.62. The molecule has 8 nitrogen and oxygen atoms in total. The van der Waals surface area contributed by atoms with Crippen LogP contribution in [0.4, 0.5) is 0 Å². The molecule has 2 aromatic rings. The molecule has 9 heteroatoms. The molecule has 3 rings (SSSR count). The number of carboxylic acids is 1. The van der Waals surface area contributed by atoms with Gasteiger partial charge in [0.05, 0.1) is 19.7 Å². The summed E-state index contributed by atoms with van der Waals surface area (Å²) in [5.74, 6) is -0.255. The Bertz CT molecular complexity index is 946. The minimum absolute atomic E-state index is 0.263. The number of rotatable bonds is 8. The number of nitrogens with zero attached hydrogens (tertiary/aromatic N) is 2. The second kappa shape index (κ2) is 9.74. The van der Waals surface area contributed by atoms with Crippen molar-refractivity contribution in [1.29, 1.82) is 0 Å². The Kier molecular flexibility index (Phi) is 6.85. The van der Waals surface area contributed by atoms with Gasteiger partial charge in [-0.3, -0.25) is 9.59 Å². The van der Waals surface area contributed by atoms with Crippen LogP contribution in [0.25, 0.3) is 0 Å². The maximum absolute atomic E-state index is 11.7. The van der Waals surface area contributed by atoms with Crippen molar-refractivity contribution >= 4 is 35.0 Å². The summed E-state index contributed by atoms with van der Waals surface area (Å²) >= 11 is 1.05. The highest BCUT2D eigenvalue weighted by molar-refractivity contribution is 8.15. The van der Waals surface area contributed by atoms with Gasteiger partial charge in [0.15, 0.2) is 16.7 Å². The highest BCUT2D eigenvalue weighted by Crippen LogP contribution is 2.28. The third-order valence-corrected chi connectivity index (χ3v) is 4.99. The van der Waals surface area contributed by atoms with Crippen LogP contribution in [0.2, 0.25) is 0 Å². The Morgan fingerprint density at radius 3 is 2.76 bits per heavy atom. The SMILES string of the molecule is COc1cc(/C=N\N=C2/NC(=O)[C@H](CC(=O)O)S2)ccc1OCc1ccccc1. The molecule has 0 radical (unpaired) electrons. The summed E-state index contributed by atoms with van der Waals surface area (Å²) in [7, 11) is 1.55. The third-order valence-electron chi connectivity index (χ3n) is 3.92. The molecule has 1 fully saturated rings. The smallest absolute Gasteiger partial charge is 0.305 e. The van der Waals surface area contributed by atoms with Crippen molar-refractivity contribution in [3.05, 3.63) is 59.7 Å². The molecule has 0 bridgehead atoms. The number of amides is 1. The van der Waals surface area contributed by atoms with E-state index in [9.17, 15) is 9.59 Å². The van der Waals surface area contributed by atoms with E-state index in [4.69, 9.17) is 14.6 Å². The van der Waals surface area contributed by atoms with Gasteiger partial charge in [-0.1, -0.05) is 42.1 Å². The van der Waals surface area contributed by atoms with Crippen molar-refractivity contribution in [2.75, 3.05) is 7.11 Å². The highest BCUT2D eigenvalue weighted by Gasteiger charge is 2.32. The van der Waals surface area contributed by atoms with Crippen LogP contribution in [-0.2, 0) is 16.2 Å². The summed E-state index contributed by atoms with van der Waals surface area (Å²) in [6.07, 6.45) is 1.24. The standard InChI is InChI=1S/C20H19N3O5S/c1-27-16-9-14(7-8-15(16)28-12-13-5-3-2-4-6-13)11-21-23-20-22-19(26)17(29-20)10-18(24)25/h2-9,11,17H,10,12H2,1H3,(H,24,25)(H,22,23,26)/b21-11-/t17-/m0/s1. The topological polar surface area (TPSA) is 110 Å². The molecule has 1 atom stereocenters. The van der Waals surface area contributed by atoms with Crippen LogP contribution in [0.3, 0.4) is 0 Å². The Morgan fingerprint density at radius 2 is 2.03 bits per heavy atom. The van der Waals surface area contributed by atoms with Crippen molar-refractivity contribution in [2.24, 2.45) is 10.2 Å². The van der Waals surface area contributed by atoms with Gasteiger partial charge in [-0.15, -0.1) is 5.10 Å². The van der Waals surface area contributed by atoms with E-state index in [1.54, 1.807) is 25.3 Å². The lowest BCUT2D eigenvalue weighted by Gasteiger charge is -2.11. The van der Waals surface area contributed by atoms with Gasteiger partial charge in [-0.05, 0) is 29.3 Å². The van der Waals surface area contributed by atoms with Crippen LogP contribution in [0, 0.1) is 0 Å². The average Bonchev–Trinajstić information content (AvgIpc) is 3.06. The van der Waals surface area contributed by atoms with Gasteiger partial charge in [-0.25, -0.2) is 0 Å². The second-order valence-electron chi connectivity index (χ2n) is 6.03. The highest BCUT2D eigenvalue weighted by atomic mass is 32.2. The van der Waals surface area contributed by atoms with E-state index in [-0.39, 0.29) is 17.5 Å². The quantitative estimate of drug-likeness (QED) is 0.509. The first-order valence-corrected chi connectivity index (χ1v) is 9.58. The molecule has 0 aliphatic carbocycles. The minimum Gasteiger partial charge on any atom is -0.493 e. The van der Waals surface area contributed by atoms with Crippen LogP contribution < -0.4 is 14.8 Å². The van der Waals surface area contributed by atoms with Crippen LogP contribution in [-0.4, -0.2) is 40.7 Å². The molecule has 0 spiro atoms. The zero-order valence-corrected chi connectivity index (χ0v) is 16.4.